The van der Waals surface area contributed by atoms with E-state index in [0.29, 0.717) is 5.92 Å². The van der Waals surface area contributed by atoms with Crippen LogP contribution in [0.5, 0.6) is 0 Å². The van der Waals surface area contributed by atoms with E-state index in [1.165, 1.54) is 18.2 Å². The molecule has 1 amide bonds. The predicted molar refractivity (Wildman–Crippen MR) is 109 cm³/mol. The molecule has 2 aromatic heterocycles. The standard InChI is InChI=1S/C21H32N4O2/c1-5-7-18-19(15-24(6-2)12-10-16(3)4)25-13-11-17(14-20(25)22-18)8-9-21(26)23-27/h8-9,11,13-14,16,27H,5-7,10,12,15H2,1-4H3,(H,23,26). The zero-order chi connectivity index (χ0) is 19.8. The van der Waals surface area contributed by atoms with Crippen molar-refractivity contribution >= 4 is 17.6 Å². The molecular formula is C21H32N4O2. The normalized spacial score (nSPS) is 12.0. The van der Waals surface area contributed by atoms with E-state index in [1.807, 2.05) is 18.3 Å². The number of imidazole rings is 1. The Morgan fingerprint density at radius 3 is 2.81 bits per heavy atom. The summed E-state index contributed by atoms with van der Waals surface area (Å²) in [6, 6.07) is 3.92. The van der Waals surface area contributed by atoms with Gasteiger partial charge >= 0.3 is 0 Å². The van der Waals surface area contributed by atoms with E-state index in [4.69, 9.17) is 10.2 Å². The lowest BCUT2D eigenvalue weighted by Gasteiger charge is -2.22. The van der Waals surface area contributed by atoms with Gasteiger partial charge in [0.2, 0.25) is 0 Å². The SMILES string of the molecule is CCCc1nc2cc(C=CC(=O)NO)ccn2c1CN(CC)CCC(C)C. The summed E-state index contributed by atoms with van der Waals surface area (Å²) in [5, 5.41) is 8.60. The number of amides is 1. The largest absolute Gasteiger partial charge is 0.302 e. The molecule has 0 saturated carbocycles. The Balaban J connectivity index is 2.31. The van der Waals surface area contributed by atoms with Crippen LogP contribution in [0, 0.1) is 5.92 Å². The zero-order valence-electron chi connectivity index (χ0n) is 16.9. The van der Waals surface area contributed by atoms with Crippen LogP contribution in [-0.2, 0) is 17.8 Å². The average Bonchev–Trinajstić information content (AvgIpc) is 2.99. The van der Waals surface area contributed by atoms with Gasteiger partial charge in [-0.1, -0.05) is 34.1 Å². The summed E-state index contributed by atoms with van der Waals surface area (Å²) in [6.07, 6.45) is 8.18. The molecule has 2 rings (SSSR count). The molecule has 0 aliphatic carbocycles. The molecule has 0 bridgehead atoms. The maximum Gasteiger partial charge on any atom is 0.267 e. The van der Waals surface area contributed by atoms with Crippen LogP contribution in [0.25, 0.3) is 11.7 Å². The summed E-state index contributed by atoms with van der Waals surface area (Å²) in [6.45, 7) is 11.9. The molecule has 0 aliphatic rings. The number of nitrogens with zero attached hydrogens (tertiary/aromatic N) is 3. The molecule has 0 spiro atoms. The summed E-state index contributed by atoms with van der Waals surface area (Å²) < 4.78 is 2.16. The molecular weight excluding hydrogens is 340 g/mol. The van der Waals surface area contributed by atoms with E-state index in [0.717, 1.165) is 49.4 Å². The van der Waals surface area contributed by atoms with E-state index in [1.54, 1.807) is 11.6 Å². The second-order valence-corrected chi connectivity index (χ2v) is 7.30. The Morgan fingerprint density at radius 2 is 2.19 bits per heavy atom. The molecule has 27 heavy (non-hydrogen) atoms. The van der Waals surface area contributed by atoms with Crippen LogP contribution >= 0.6 is 0 Å². The fourth-order valence-electron chi connectivity index (χ4n) is 3.08. The highest BCUT2D eigenvalue weighted by Crippen LogP contribution is 2.19. The fraction of sp³-hybridized carbons (Fsp3) is 0.524. The van der Waals surface area contributed by atoms with Crippen molar-refractivity contribution in [1.29, 1.82) is 0 Å². The van der Waals surface area contributed by atoms with Crippen molar-refractivity contribution in [2.75, 3.05) is 13.1 Å². The van der Waals surface area contributed by atoms with E-state index in [2.05, 4.69) is 37.0 Å². The van der Waals surface area contributed by atoms with Crippen LogP contribution in [0.15, 0.2) is 24.4 Å². The Kier molecular flexibility index (Phi) is 8.00. The summed E-state index contributed by atoms with van der Waals surface area (Å²) in [5.74, 6) is 0.149. The van der Waals surface area contributed by atoms with Crippen LogP contribution in [0.1, 0.15) is 57.5 Å². The molecule has 0 radical (unpaired) electrons. The third-order valence-corrected chi connectivity index (χ3v) is 4.70. The van der Waals surface area contributed by atoms with Gasteiger partial charge in [0.15, 0.2) is 0 Å². The van der Waals surface area contributed by atoms with Gasteiger partial charge in [-0.15, -0.1) is 0 Å². The number of rotatable bonds is 10. The maximum absolute atomic E-state index is 11.2. The molecule has 148 valence electrons. The van der Waals surface area contributed by atoms with Gasteiger partial charge in [-0.25, -0.2) is 10.5 Å². The lowest BCUT2D eigenvalue weighted by atomic mass is 10.1. The molecule has 0 fully saturated rings. The van der Waals surface area contributed by atoms with E-state index in [9.17, 15) is 4.79 Å². The summed E-state index contributed by atoms with van der Waals surface area (Å²) in [7, 11) is 0. The monoisotopic (exact) mass is 372 g/mol. The molecule has 0 unspecified atom stereocenters. The van der Waals surface area contributed by atoms with Crippen LogP contribution in [-0.4, -0.2) is 38.5 Å². The molecule has 2 aromatic rings. The number of hydroxylamine groups is 1. The van der Waals surface area contributed by atoms with Crippen LogP contribution < -0.4 is 5.48 Å². The second kappa shape index (κ2) is 10.2. The van der Waals surface area contributed by atoms with Crippen molar-refractivity contribution in [3.63, 3.8) is 0 Å². The molecule has 2 N–H and O–H groups in total. The third kappa shape index (κ3) is 5.91. The summed E-state index contributed by atoms with van der Waals surface area (Å²) >= 11 is 0. The van der Waals surface area contributed by atoms with Crippen molar-refractivity contribution in [3.05, 3.63) is 41.4 Å². The highest BCUT2D eigenvalue weighted by atomic mass is 16.5. The Labute approximate surface area is 161 Å². The first-order chi connectivity index (χ1) is 13.0. The Hall–Kier alpha value is -2.18. The van der Waals surface area contributed by atoms with Crippen molar-refractivity contribution in [2.45, 2.75) is 53.5 Å². The van der Waals surface area contributed by atoms with Gasteiger partial charge in [0, 0.05) is 18.8 Å². The fourth-order valence-corrected chi connectivity index (χ4v) is 3.08. The van der Waals surface area contributed by atoms with Crippen molar-refractivity contribution in [3.8, 4) is 0 Å². The number of carbonyl (C=O) groups excluding carboxylic acids is 1. The van der Waals surface area contributed by atoms with Gasteiger partial charge in [-0.05, 0) is 55.6 Å². The Morgan fingerprint density at radius 1 is 1.41 bits per heavy atom. The highest BCUT2D eigenvalue weighted by Gasteiger charge is 2.15. The minimum Gasteiger partial charge on any atom is -0.302 e. The number of fused-ring (bicyclic) bond motifs is 1. The van der Waals surface area contributed by atoms with Crippen molar-refractivity contribution in [2.24, 2.45) is 5.92 Å². The van der Waals surface area contributed by atoms with E-state index >= 15 is 0 Å². The quantitative estimate of drug-likeness (QED) is 0.379. The number of carbonyl (C=O) groups is 1. The highest BCUT2D eigenvalue weighted by molar-refractivity contribution is 5.90. The first-order valence-corrected chi connectivity index (χ1v) is 9.82. The number of aryl methyl sites for hydroxylation is 1. The molecule has 2 heterocycles. The van der Waals surface area contributed by atoms with Crippen LogP contribution in [0.3, 0.4) is 0 Å². The molecule has 0 aromatic carbocycles. The van der Waals surface area contributed by atoms with E-state index < -0.39 is 5.91 Å². The van der Waals surface area contributed by atoms with Gasteiger partial charge in [0.1, 0.15) is 5.65 Å². The zero-order valence-corrected chi connectivity index (χ0v) is 16.9. The lowest BCUT2D eigenvalue weighted by molar-refractivity contribution is -0.124. The minimum atomic E-state index is -0.547. The number of pyridine rings is 1. The van der Waals surface area contributed by atoms with E-state index in [-0.39, 0.29) is 0 Å². The molecule has 0 saturated heterocycles. The second-order valence-electron chi connectivity index (χ2n) is 7.30. The molecule has 6 nitrogen and oxygen atoms in total. The lowest BCUT2D eigenvalue weighted by Crippen LogP contribution is -2.26. The van der Waals surface area contributed by atoms with Crippen LogP contribution in [0.4, 0.5) is 0 Å². The Bertz CT molecular complexity index is 780. The molecule has 0 aliphatic heterocycles. The smallest absolute Gasteiger partial charge is 0.267 e. The number of hydrogen-bond donors (Lipinski definition) is 2. The topological polar surface area (TPSA) is 69.9 Å². The van der Waals surface area contributed by atoms with Crippen molar-refractivity contribution < 1.29 is 10.0 Å². The summed E-state index contributed by atoms with van der Waals surface area (Å²) in [5.41, 5.74) is 5.76. The molecule has 0 atom stereocenters. The average molecular weight is 373 g/mol. The third-order valence-electron chi connectivity index (χ3n) is 4.70. The predicted octanol–water partition coefficient (Wildman–Crippen LogP) is 3.67. The van der Waals surface area contributed by atoms with Gasteiger partial charge in [0.05, 0.1) is 11.4 Å². The van der Waals surface area contributed by atoms with Gasteiger partial charge in [-0.3, -0.25) is 14.9 Å². The van der Waals surface area contributed by atoms with Gasteiger partial charge < -0.3 is 4.40 Å². The first-order valence-electron chi connectivity index (χ1n) is 9.82. The maximum atomic E-state index is 11.2. The number of aromatic nitrogens is 2. The minimum absolute atomic E-state index is 0.547. The number of hydrogen-bond acceptors (Lipinski definition) is 4. The van der Waals surface area contributed by atoms with Crippen LogP contribution in [0.2, 0.25) is 0 Å². The molecule has 6 heteroatoms. The van der Waals surface area contributed by atoms with Crippen molar-refractivity contribution in [1.82, 2.24) is 19.8 Å². The summed E-state index contributed by atoms with van der Waals surface area (Å²) in [4.78, 5) is 18.5. The van der Waals surface area contributed by atoms with Gasteiger partial charge in [-0.2, -0.15) is 0 Å². The first kappa shape index (κ1) is 21.1. The number of nitrogens with one attached hydrogen (secondary N) is 1. The van der Waals surface area contributed by atoms with Gasteiger partial charge in [0.25, 0.3) is 5.91 Å².